The van der Waals surface area contributed by atoms with Gasteiger partial charge in [-0.05, 0) is 43.2 Å². The second kappa shape index (κ2) is 6.98. The molecule has 0 bridgehead atoms. The molecule has 0 saturated carbocycles. The maximum Gasteiger partial charge on any atom is 0.257 e. The molecule has 1 aliphatic rings. The molecule has 6 nitrogen and oxygen atoms in total. The van der Waals surface area contributed by atoms with Crippen LogP contribution in [0.1, 0.15) is 28.4 Å². The topological polar surface area (TPSA) is 83.6 Å². The minimum atomic E-state index is -3.72. The summed E-state index contributed by atoms with van der Waals surface area (Å²) in [6.45, 7) is 5.34. The quantitative estimate of drug-likeness (QED) is 0.845. The van der Waals surface area contributed by atoms with Crippen molar-refractivity contribution in [1.29, 1.82) is 0 Å². The van der Waals surface area contributed by atoms with E-state index in [-0.39, 0.29) is 22.0 Å². The lowest BCUT2D eigenvalue weighted by atomic mass is 10.1. The van der Waals surface area contributed by atoms with Crippen LogP contribution in [0.3, 0.4) is 0 Å². The van der Waals surface area contributed by atoms with Crippen LogP contribution in [0.25, 0.3) is 0 Å². The molecule has 2 aromatic rings. The van der Waals surface area contributed by atoms with Crippen LogP contribution in [0.5, 0.6) is 0 Å². The standard InChI is InChI=1S/C19H19ClN2O4S/c1-11-5-4-6-12(2)17(11)21-18(23)15-8-7-14(9-16(15)20)22-19(24)13(3)10-27(22,25)26/h4-9,13H,10H2,1-3H3,(H,21,23)/t13-/m0/s1. The van der Waals surface area contributed by atoms with Gasteiger partial charge >= 0.3 is 0 Å². The monoisotopic (exact) mass is 406 g/mol. The molecular formula is C19H19ClN2O4S. The van der Waals surface area contributed by atoms with Crippen LogP contribution in [-0.4, -0.2) is 26.0 Å². The number of benzene rings is 2. The molecule has 1 heterocycles. The number of aryl methyl sites for hydroxylation is 2. The van der Waals surface area contributed by atoms with Crippen molar-refractivity contribution >= 4 is 44.8 Å². The lowest BCUT2D eigenvalue weighted by Crippen LogP contribution is -2.30. The van der Waals surface area contributed by atoms with Crippen molar-refractivity contribution in [1.82, 2.24) is 0 Å². The summed E-state index contributed by atoms with van der Waals surface area (Å²) in [5, 5.41) is 2.90. The molecule has 1 atom stereocenters. The fourth-order valence-corrected chi connectivity index (χ4v) is 5.17. The van der Waals surface area contributed by atoms with Gasteiger partial charge in [-0.25, -0.2) is 12.7 Å². The van der Waals surface area contributed by atoms with Gasteiger partial charge in [0.2, 0.25) is 15.9 Å². The summed E-state index contributed by atoms with van der Waals surface area (Å²) in [4.78, 5) is 24.8. The number of hydrogen-bond acceptors (Lipinski definition) is 4. The lowest BCUT2D eigenvalue weighted by molar-refractivity contribution is -0.119. The third kappa shape index (κ3) is 3.57. The summed E-state index contributed by atoms with van der Waals surface area (Å²) in [6, 6.07) is 9.84. The normalized spacial score (nSPS) is 18.6. The van der Waals surface area contributed by atoms with E-state index in [4.69, 9.17) is 11.6 Å². The van der Waals surface area contributed by atoms with Crippen molar-refractivity contribution in [2.75, 3.05) is 15.4 Å². The van der Waals surface area contributed by atoms with E-state index in [1.807, 2.05) is 32.0 Å². The third-order valence-electron chi connectivity index (χ3n) is 4.51. The Bertz CT molecular complexity index is 1030. The predicted octanol–water partition coefficient (Wildman–Crippen LogP) is 3.52. The van der Waals surface area contributed by atoms with Crippen LogP contribution in [0.2, 0.25) is 5.02 Å². The van der Waals surface area contributed by atoms with Crippen LogP contribution in [0.4, 0.5) is 11.4 Å². The van der Waals surface area contributed by atoms with Gasteiger partial charge in [0.15, 0.2) is 0 Å². The van der Waals surface area contributed by atoms with Crippen LogP contribution in [0, 0.1) is 19.8 Å². The minimum Gasteiger partial charge on any atom is -0.321 e. The number of anilines is 2. The average molecular weight is 407 g/mol. The van der Waals surface area contributed by atoms with Gasteiger partial charge in [-0.3, -0.25) is 9.59 Å². The lowest BCUT2D eigenvalue weighted by Gasteiger charge is -2.17. The number of carbonyl (C=O) groups excluding carboxylic acids is 2. The number of halogens is 1. The van der Waals surface area contributed by atoms with Gasteiger partial charge < -0.3 is 5.32 Å². The molecule has 0 unspecified atom stereocenters. The Balaban J connectivity index is 1.92. The molecule has 0 spiro atoms. The third-order valence-corrected chi connectivity index (χ3v) is 6.69. The molecular weight excluding hydrogens is 388 g/mol. The molecule has 2 aromatic carbocycles. The second-order valence-electron chi connectivity index (χ2n) is 6.67. The molecule has 27 heavy (non-hydrogen) atoms. The maximum absolute atomic E-state index is 12.6. The predicted molar refractivity (Wildman–Crippen MR) is 106 cm³/mol. The molecule has 1 fully saturated rings. The zero-order valence-electron chi connectivity index (χ0n) is 15.1. The number of hydrogen-bond donors (Lipinski definition) is 1. The molecule has 3 rings (SSSR count). The van der Waals surface area contributed by atoms with Gasteiger partial charge in [0.25, 0.3) is 5.91 Å². The average Bonchev–Trinajstić information content (AvgIpc) is 2.78. The number of nitrogens with zero attached hydrogens (tertiary/aromatic N) is 1. The highest BCUT2D eigenvalue weighted by Gasteiger charge is 2.42. The van der Waals surface area contributed by atoms with Gasteiger partial charge in [0, 0.05) is 5.69 Å². The number of amides is 2. The largest absolute Gasteiger partial charge is 0.321 e. The first kappa shape index (κ1) is 19.4. The van der Waals surface area contributed by atoms with Crippen molar-refractivity contribution in [3.8, 4) is 0 Å². The molecule has 2 amide bonds. The summed E-state index contributed by atoms with van der Waals surface area (Å²) in [5.74, 6) is -1.76. The van der Waals surface area contributed by atoms with Crippen molar-refractivity contribution in [3.05, 3.63) is 58.1 Å². The molecule has 0 radical (unpaired) electrons. The van der Waals surface area contributed by atoms with Crippen LogP contribution >= 0.6 is 11.6 Å². The molecule has 142 valence electrons. The number of rotatable bonds is 3. The van der Waals surface area contributed by atoms with Crippen LogP contribution in [-0.2, 0) is 14.8 Å². The number of sulfonamides is 1. The van der Waals surface area contributed by atoms with E-state index in [0.717, 1.165) is 15.4 Å². The summed E-state index contributed by atoms with van der Waals surface area (Å²) < 4.78 is 25.2. The van der Waals surface area contributed by atoms with E-state index in [1.54, 1.807) is 6.92 Å². The van der Waals surface area contributed by atoms with Crippen molar-refractivity contribution in [2.45, 2.75) is 20.8 Å². The van der Waals surface area contributed by atoms with Crippen molar-refractivity contribution in [3.63, 3.8) is 0 Å². The number of para-hydroxylation sites is 1. The molecule has 0 aliphatic carbocycles. The summed E-state index contributed by atoms with van der Waals surface area (Å²) >= 11 is 6.23. The Morgan fingerprint density at radius 3 is 2.33 bits per heavy atom. The molecule has 1 saturated heterocycles. The molecule has 1 N–H and O–H groups in total. The molecule has 0 aromatic heterocycles. The highest BCUT2D eigenvalue weighted by atomic mass is 35.5. The first-order valence-electron chi connectivity index (χ1n) is 8.36. The van der Waals surface area contributed by atoms with E-state index in [1.165, 1.54) is 18.2 Å². The highest BCUT2D eigenvalue weighted by molar-refractivity contribution is 7.94. The van der Waals surface area contributed by atoms with E-state index in [2.05, 4.69) is 5.32 Å². The number of carbonyl (C=O) groups is 2. The Hall–Kier alpha value is -2.38. The van der Waals surface area contributed by atoms with Crippen LogP contribution < -0.4 is 9.62 Å². The zero-order chi connectivity index (χ0) is 19.9. The highest BCUT2D eigenvalue weighted by Crippen LogP contribution is 2.32. The Morgan fingerprint density at radius 1 is 1.19 bits per heavy atom. The first-order valence-corrected chi connectivity index (χ1v) is 10.3. The summed E-state index contributed by atoms with van der Waals surface area (Å²) in [7, 11) is -3.72. The van der Waals surface area contributed by atoms with E-state index >= 15 is 0 Å². The van der Waals surface area contributed by atoms with E-state index in [0.29, 0.717) is 5.69 Å². The molecule has 8 heteroatoms. The Kier molecular flexibility index (Phi) is 5.01. The maximum atomic E-state index is 12.6. The first-order chi connectivity index (χ1) is 12.6. The Labute approximate surface area is 163 Å². The Morgan fingerprint density at radius 2 is 1.81 bits per heavy atom. The van der Waals surface area contributed by atoms with Gasteiger partial charge in [0.05, 0.1) is 27.9 Å². The van der Waals surface area contributed by atoms with E-state index < -0.39 is 27.8 Å². The smallest absolute Gasteiger partial charge is 0.257 e. The number of nitrogens with one attached hydrogen (secondary N) is 1. The summed E-state index contributed by atoms with van der Waals surface area (Å²) in [6.07, 6.45) is 0. The minimum absolute atomic E-state index is 0.0683. The zero-order valence-corrected chi connectivity index (χ0v) is 16.7. The second-order valence-corrected chi connectivity index (χ2v) is 8.94. The van der Waals surface area contributed by atoms with Gasteiger partial charge in [-0.2, -0.15) is 0 Å². The SMILES string of the molecule is Cc1cccc(C)c1NC(=O)c1ccc(N2C(=O)[C@@H](C)CS2(=O)=O)cc1Cl. The fraction of sp³-hybridized carbons (Fsp3) is 0.263. The van der Waals surface area contributed by atoms with Gasteiger partial charge in [-0.1, -0.05) is 36.7 Å². The van der Waals surface area contributed by atoms with Gasteiger partial charge in [0.1, 0.15) is 0 Å². The fourth-order valence-electron chi connectivity index (χ4n) is 3.09. The van der Waals surface area contributed by atoms with Crippen molar-refractivity contribution in [2.24, 2.45) is 5.92 Å². The van der Waals surface area contributed by atoms with Crippen molar-refractivity contribution < 1.29 is 18.0 Å². The van der Waals surface area contributed by atoms with Crippen LogP contribution in [0.15, 0.2) is 36.4 Å². The summed E-state index contributed by atoms with van der Waals surface area (Å²) in [5.41, 5.74) is 2.87. The van der Waals surface area contributed by atoms with E-state index in [9.17, 15) is 18.0 Å². The van der Waals surface area contributed by atoms with Gasteiger partial charge in [-0.15, -0.1) is 0 Å². The molecule has 1 aliphatic heterocycles.